The van der Waals surface area contributed by atoms with Crippen molar-refractivity contribution in [3.63, 3.8) is 0 Å². The van der Waals surface area contributed by atoms with Crippen molar-refractivity contribution in [2.24, 2.45) is 5.41 Å². The van der Waals surface area contributed by atoms with Crippen LogP contribution in [0.4, 0.5) is 5.82 Å². The number of rotatable bonds is 6. The Balaban J connectivity index is 1.74. The molecule has 1 amide bonds. The maximum Gasteiger partial charge on any atom is 0.222 e. The largest absolute Gasteiger partial charge is 0.385 e. The minimum Gasteiger partial charge on any atom is -0.385 e. The summed E-state index contributed by atoms with van der Waals surface area (Å²) in [6.07, 6.45) is 8.53. The van der Waals surface area contributed by atoms with Gasteiger partial charge in [-0.1, -0.05) is 13.8 Å². The van der Waals surface area contributed by atoms with Gasteiger partial charge in [-0.3, -0.25) is 4.79 Å². The number of carbonyl (C=O) groups is 1. The Morgan fingerprint density at radius 2 is 2.15 bits per heavy atom. The Kier molecular flexibility index (Phi) is 6.12. The summed E-state index contributed by atoms with van der Waals surface area (Å²) in [6.45, 7) is 8.79. The summed E-state index contributed by atoms with van der Waals surface area (Å²) < 4.78 is 5.16. The molecule has 144 valence electrons. The zero-order valence-electron chi connectivity index (χ0n) is 16.4. The summed E-state index contributed by atoms with van der Waals surface area (Å²) in [6, 6.07) is 0. The average molecular weight is 361 g/mol. The van der Waals surface area contributed by atoms with E-state index in [9.17, 15) is 4.79 Å². The van der Waals surface area contributed by atoms with Gasteiger partial charge in [0.05, 0.1) is 0 Å². The second-order valence-electron chi connectivity index (χ2n) is 8.14. The number of anilines is 1. The van der Waals surface area contributed by atoms with Gasteiger partial charge in [-0.05, 0) is 31.6 Å². The molecule has 1 aromatic heterocycles. The molecule has 3 rings (SSSR count). The van der Waals surface area contributed by atoms with Gasteiger partial charge in [0.25, 0.3) is 0 Å². The SMILES string of the molecule is COCCCN1CC2(CCCN(c3ncncc3C(C)C)C2)CCC1=O. The maximum atomic E-state index is 12.4. The maximum absolute atomic E-state index is 12.4. The van der Waals surface area contributed by atoms with Crippen molar-refractivity contribution in [1.82, 2.24) is 14.9 Å². The Morgan fingerprint density at radius 1 is 1.31 bits per heavy atom. The highest BCUT2D eigenvalue weighted by Gasteiger charge is 2.42. The van der Waals surface area contributed by atoms with Crippen molar-refractivity contribution >= 4 is 11.7 Å². The van der Waals surface area contributed by atoms with Gasteiger partial charge in [0.15, 0.2) is 0 Å². The average Bonchev–Trinajstić information content (AvgIpc) is 2.65. The number of hydrogen-bond acceptors (Lipinski definition) is 5. The first kappa shape index (κ1) is 19.1. The lowest BCUT2D eigenvalue weighted by molar-refractivity contribution is -0.138. The number of aromatic nitrogens is 2. The molecule has 1 aromatic rings. The fraction of sp³-hybridized carbons (Fsp3) is 0.750. The molecule has 6 heteroatoms. The van der Waals surface area contributed by atoms with E-state index in [1.54, 1.807) is 13.4 Å². The second-order valence-corrected chi connectivity index (χ2v) is 8.14. The van der Waals surface area contributed by atoms with Crippen LogP contribution in [0.5, 0.6) is 0 Å². The van der Waals surface area contributed by atoms with E-state index in [2.05, 4.69) is 33.6 Å². The molecule has 0 aliphatic carbocycles. The van der Waals surface area contributed by atoms with Gasteiger partial charge in [-0.25, -0.2) is 9.97 Å². The van der Waals surface area contributed by atoms with E-state index in [-0.39, 0.29) is 5.41 Å². The van der Waals surface area contributed by atoms with Crippen LogP contribution >= 0.6 is 0 Å². The van der Waals surface area contributed by atoms with Crippen LogP contribution in [0.15, 0.2) is 12.5 Å². The van der Waals surface area contributed by atoms with Gasteiger partial charge in [0.2, 0.25) is 5.91 Å². The first-order chi connectivity index (χ1) is 12.5. The van der Waals surface area contributed by atoms with Gasteiger partial charge < -0.3 is 14.5 Å². The number of nitrogens with zero attached hydrogens (tertiary/aromatic N) is 4. The normalized spacial score (nSPS) is 23.9. The van der Waals surface area contributed by atoms with E-state index >= 15 is 0 Å². The molecule has 2 aliphatic heterocycles. The van der Waals surface area contributed by atoms with E-state index in [4.69, 9.17) is 4.74 Å². The molecule has 1 spiro atoms. The molecule has 1 atom stereocenters. The highest BCUT2D eigenvalue weighted by atomic mass is 16.5. The van der Waals surface area contributed by atoms with Gasteiger partial charge in [0.1, 0.15) is 12.1 Å². The third kappa shape index (κ3) is 4.17. The fourth-order valence-electron chi connectivity index (χ4n) is 4.43. The molecule has 26 heavy (non-hydrogen) atoms. The topological polar surface area (TPSA) is 58.6 Å². The van der Waals surface area contributed by atoms with Crippen LogP contribution < -0.4 is 4.90 Å². The Morgan fingerprint density at radius 3 is 2.92 bits per heavy atom. The van der Waals surface area contributed by atoms with Crippen LogP contribution in [0.3, 0.4) is 0 Å². The van der Waals surface area contributed by atoms with Crippen LogP contribution in [-0.2, 0) is 9.53 Å². The minimum absolute atomic E-state index is 0.193. The van der Waals surface area contributed by atoms with Crippen molar-refractivity contribution in [1.29, 1.82) is 0 Å². The number of hydrogen-bond donors (Lipinski definition) is 0. The lowest BCUT2D eigenvalue weighted by atomic mass is 9.73. The third-order valence-corrected chi connectivity index (χ3v) is 5.83. The first-order valence-electron chi connectivity index (χ1n) is 9.86. The molecular weight excluding hydrogens is 328 g/mol. The molecule has 0 saturated carbocycles. The van der Waals surface area contributed by atoms with Crippen molar-refractivity contribution in [3.8, 4) is 0 Å². The van der Waals surface area contributed by atoms with Gasteiger partial charge in [0, 0.05) is 63.5 Å². The molecule has 0 N–H and O–H groups in total. The lowest BCUT2D eigenvalue weighted by Crippen LogP contribution is -2.54. The number of methoxy groups -OCH3 is 1. The quantitative estimate of drug-likeness (QED) is 0.730. The van der Waals surface area contributed by atoms with Crippen LogP contribution in [0, 0.1) is 5.41 Å². The van der Waals surface area contributed by atoms with E-state index in [0.717, 1.165) is 51.3 Å². The summed E-state index contributed by atoms with van der Waals surface area (Å²) in [5, 5.41) is 0. The standard InChI is InChI=1S/C20H32N4O2/c1-16(2)17-12-21-15-22-19(17)24-9-4-7-20(14-24)8-6-18(25)23(13-20)10-5-11-26-3/h12,15-16H,4-11,13-14H2,1-3H3. The number of ether oxygens (including phenoxy) is 1. The molecule has 0 bridgehead atoms. The molecular formula is C20H32N4O2. The predicted molar refractivity (Wildman–Crippen MR) is 102 cm³/mol. The highest BCUT2D eigenvalue weighted by molar-refractivity contribution is 5.77. The van der Waals surface area contributed by atoms with Gasteiger partial charge >= 0.3 is 0 Å². The predicted octanol–water partition coefficient (Wildman–Crippen LogP) is 2.85. The fourth-order valence-corrected chi connectivity index (χ4v) is 4.43. The molecule has 2 fully saturated rings. The molecule has 1 unspecified atom stereocenters. The molecule has 3 heterocycles. The Bertz CT molecular complexity index is 622. The summed E-state index contributed by atoms with van der Waals surface area (Å²) in [4.78, 5) is 25.7. The molecule has 0 aromatic carbocycles. The van der Waals surface area contributed by atoms with Crippen molar-refractivity contribution < 1.29 is 9.53 Å². The Labute approximate surface area is 156 Å². The summed E-state index contributed by atoms with van der Waals surface area (Å²) in [5.41, 5.74) is 1.41. The highest BCUT2D eigenvalue weighted by Crippen LogP contribution is 2.40. The molecule has 6 nitrogen and oxygen atoms in total. The van der Waals surface area contributed by atoms with E-state index in [1.807, 2.05) is 6.20 Å². The van der Waals surface area contributed by atoms with Gasteiger partial charge in [-0.15, -0.1) is 0 Å². The van der Waals surface area contributed by atoms with E-state index < -0.39 is 0 Å². The van der Waals surface area contributed by atoms with Crippen LogP contribution in [0.2, 0.25) is 0 Å². The summed E-state index contributed by atoms with van der Waals surface area (Å²) >= 11 is 0. The summed E-state index contributed by atoms with van der Waals surface area (Å²) in [5.74, 6) is 1.79. The molecule has 0 radical (unpaired) electrons. The van der Waals surface area contributed by atoms with Crippen LogP contribution in [-0.4, -0.2) is 60.7 Å². The monoisotopic (exact) mass is 360 g/mol. The zero-order chi connectivity index (χ0) is 18.6. The third-order valence-electron chi connectivity index (χ3n) is 5.83. The summed E-state index contributed by atoms with van der Waals surface area (Å²) in [7, 11) is 1.71. The smallest absolute Gasteiger partial charge is 0.222 e. The van der Waals surface area contributed by atoms with E-state index in [0.29, 0.717) is 24.9 Å². The van der Waals surface area contributed by atoms with E-state index in [1.165, 1.54) is 12.0 Å². The van der Waals surface area contributed by atoms with Crippen molar-refractivity contribution in [2.45, 2.75) is 51.9 Å². The van der Waals surface area contributed by atoms with Crippen molar-refractivity contribution in [3.05, 3.63) is 18.1 Å². The number of amides is 1. The molecule has 2 saturated heterocycles. The number of piperidine rings is 2. The van der Waals surface area contributed by atoms with Crippen molar-refractivity contribution in [2.75, 3.05) is 44.8 Å². The number of likely N-dealkylation sites (tertiary alicyclic amines) is 1. The number of carbonyl (C=O) groups excluding carboxylic acids is 1. The van der Waals surface area contributed by atoms with Gasteiger partial charge in [-0.2, -0.15) is 0 Å². The first-order valence-corrected chi connectivity index (χ1v) is 9.86. The minimum atomic E-state index is 0.193. The van der Waals surface area contributed by atoms with Crippen LogP contribution in [0.1, 0.15) is 57.4 Å². The zero-order valence-corrected chi connectivity index (χ0v) is 16.4. The second kappa shape index (κ2) is 8.33. The lowest BCUT2D eigenvalue weighted by Gasteiger charge is -2.49. The van der Waals surface area contributed by atoms with Crippen LogP contribution in [0.25, 0.3) is 0 Å². The Hall–Kier alpha value is -1.69. The molecule has 2 aliphatic rings.